The first-order chi connectivity index (χ1) is 10.2. The third kappa shape index (κ3) is 2.05. The van der Waals surface area contributed by atoms with Gasteiger partial charge in [0.15, 0.2) is 0 Å². The van der Waals surface area contributed by atoms with Crippen molar-refractivity contribution >= 4 is 11.6 Å². The Morgan fingerprint density at radius 3 is 2.62 bits per heavy atom. The summed E-state index contributed by atoms with van der Waals surface area (Å²) in [6, 6.07) is 7.90. The molecule has 3 aliphatic rings. The van der Waals surface area contributed by atoms with Crippen molar-refractivity contribution in [2.45, 2.75) is 32.7 Å². The molecule has 1 aromatic rings. The number of anilines is 1. The van der Waals surface area contributed by atoms with E-state index in [9.17, 15) is 4.79 Å². The SMILES string of the molecule is CCN(Cc1cccc(N)c1)C(=O)C1C2C3CCC(C3)C12. The summed E-state index contributed by atoms with van der Waals surface area (Å²) >= 11 is 0. The van der Waals surface area contributed by atoms with Crippen LogP contribution in [-0.2, 0) is 11.3 Å². The monoisotopic (exact) mass is 284 g/mol. The zero-order valence-electron chi connectivity index (χ0n) is 12.7. The number of amides is 1. The summed E-state index contributed by atoms with van der Waals surface area (Å²) in [5.74, 6) is 3.92. The Labute approximate surface area is 126 Å². The molecule has 4 rings (SSSR count). The molecule has 3 fully saturated rings. The lowest BCUT2D eigenvalue weighted by molar-refractivity contribution is -0.134. The summed E-state index contributed by atoms with van der Waals surface area (Å²) in [5.41, 5.74) is 7.75. The largest absolute Gasteiger partial charge is 0.399 e. The summed E-state index contributed by atoms with van der Waals surface area (Å²) in [6.45, 7) is 3.57. The van der Waals surface area contributed by atoms with Crippen molar-refractivity contribution < 1.29 is 4.79 Å². The van der Waals surface area contributed by atoms with Gasteiger partial charge in [-0.05, 0) is 67.6 Å². The lowest BCUT2D eigenvalue weighted by Gasteiger charge is -2.23. The highest BCUT2D eigenvalue weighted by Gasteiger charge is 2.67. The van der Waals surface area contributed by atoms with E-state index < -0.39 is 0 Å². The van der Waals surface area contributed by atoms with Gasteiger partial charge in [-0.1, -0.05) is 12.1 Å². The molecular formula is C18H24N2O. The molecule has 4 atom stereocenters. The zero-order chi connectivity index (χ0) is 14.6. The summed E-state index contributed by atoms with van der Waals surface area (Å²) in [4.78, 5) is 14.9. The van der Waals surface area contributed by atoms with Gasteiger partial charge in [-0.15, -0.1) is 0 Å². The van der Waals surface area contributed by atoms with Crippen LogP contribution in [0.25, 0.3) is 0 Å². The summed E-state index contributed by atoms with van der Waals surface area (Å²) in [5, 5.41) is 0. The molecular weight excluding hydrogens is 260 g/mol. The van der Waals surface area contributed by atoms with Gasteiger partial charge < -0.3 is 10.6 Å². The number of nitrogen functional groups attached to an aromatic ring is 1. The minimum Gasteiger partial charge on any atom is -0.399 e. The van der Waals surface area contributed by atoms with Crippen LogP contribution < -0.4 is 5.73 Å². The third-order valence-electron chi connectivity index (χ3n) is 6.04. The summed E-state index contributed by atoms with van der Waals surface area (Å²) in [7, 11) is 0. The standard InChI is InChI=1S/C18H24N2O/c1-2-20(10-11-4-3-5-14(19)8-11)18(21)17-15-12-6-7-13(9-12)16(15)17/h3-5,8,12-13,15-17H,2,6-7,9-10,19H2,1H3. The van der Waals surface area contributed by atoms with Gasteiger partial charge >= 0.3 is 0 Å². The van der Waals surface area contributed by atoms with Crippen LogP contribution in [0.1, 0.15) is 31.7 Å². The van der Waals surface area contributed by atoms with Crippen molar-refractivity contribution in [2.75, 3.05) is 12.3 Å². The molecule has 3 nitrogen and oxygen atoms in total. The number of carbonyl (C=O) groups excluding carboxylic acids is 1. The number of nitrogens with two attached hydrogens (primary N) is 1. The second-order valence-electron chi connectivity index (χ2n) is 7.11. The fourth-order valence-corrected chi connectivity index (χ4v) is 5.12. The lowest BCUT2D eigenvalue weighted by atomic mass is 10.0. The van der Waals surface area contributed by atoms with Gasteiger partial charge in [-0.2, -0.15) is 0 Å². The van der Waals surface area contributed by atoms with Crippen molar-refractivity contribution in [3.63, 3.8) is 0 Å². The van der Waals surface area contributed by atoms with Gasteiger partial charge in [0.05, 0.1) is 0 Å². The van der Waals surface area contributed by atoms with Gasteiger partial charge in [0, 0.05) is 24.7 Å². The molecule has 0 aromatic heterocycles. The van der Waals surface area contributed by atoms with Crippen molar-refractivity contribution in [1.82, 2.24) is 4.90 Å². The Morgan fingerprint density at radius 1 is 1.29 bits per heavy atom. The Hall–Kier alpha value is -1.51. The second kappa shape index (κ2) is 4.75. The molecule has 0 heterocycles. The third-order valence-corrected chi connectivity index (χ3v) is 6.04. The maximum atomic E-state index is 12.9. The number of carbonyl (C=O) groups is 1. The van der Waals surface area contributed by atoms with Crippen molar-refractivity contribution in [1.29, 1.82) is 0 Å². The first-order valence-corrected chi connectivity index (χ1v) is 8.32. The molecule has 0 spiro atoms. The summed E-state index contributed by atoms with van der Waals surface area (Å²) in [6.07, 6.45) is 4.15. The Balaban J connectivity index is 1.46. The number of benzene rings is 1. The van der Waals surface area contributed by atoms with Crippen molar-refractivity contribution in [3.05, 3.63) is 29.8 Å². The molecule has 2 bridgehead atoms. The highest BCUT2D eigenvalue weighted by atomic mass is 16.2. The fraction of sp³-hybridized carbons (Fsp3) is 0.611. The number of rotatable bonds is 4. The van der Waals surface area contributed by atoms with Gasteiger partial charge in [0.1, 0.15) is 0 Å². The van der Waals surface area contributed by atoms with E-state index in [1.807, 2.05) is 23.1 Å². The summed E-state index contributed by atoms with van der Waals surface area (Å²) < 4.78 is 0. The molecule has 21 heavy (non-hydrogen) atoms. The normalized spacial score (nSPS) is 35.6. The quantitative estimate of drug-likeness (QED) is 0.864. The number of hydrogen-bond acceptors (Lipinski definition) is 2. The Morgan fingerprint density at radius 2 is 2.00 bits per heavy atom. The molecule has 112 valence electrons. The molecule has 1 amide bonds. The maximum absolute atomic E-state index is 12.9. The fourth-order valence-electron chi connectivity index (χ4n) is 5.12. The van der Waals surface area contributed by atoms with E-state index in [0.29, 0.717) is 18.4 Å². The van der Waals surface area contributed by atoms with Crippen LogP contribution in [0.5, 0.6) is 0 Å². The Bertz CT molecular complexity index is 554. The van der Waals surface area contributed by atoms with E-state index in [2.05, 4.69) is 13.0 Å². The van der Waals surface area contributed by atoms with Crippen LogP contribution in [-0.4, -0.2) is 17.4 Å². The van der Waals surface area contributed by atoms with Gasteiger partial charge in [-0.3, -0.25) is 4.79 Å². The molecule has 0 aliphatic heterocycles. The highest BCUT2D eigenvalue weighted by molar-refractivity contribution is 5.83. The predicted octanol–water partition coefficient (Wildman–Crippen LogP) is 2.91. The van der Waals surface area contributed by atoms with E-state index in [0.717, 1.165) is 41.5 Å². The lowest BCUT2D eigenvalue weighted by Crippen LogP contribution is -2.33. The molecule has 3 saturated carbocycles. The van der Waals surface area contributed by atoms with Crippen molar-refractivity contribution in [3.8, 4) is 0 Å². The first-order valence-electron chi connectivity index (χ1n) is 8.32. The molecule has 3 heteroatoms. The van der Waals surface area contributed by atoms with E-state index in [-0.39, 0.29) is 0 Å². The average Bonchev–Trinajstić information content (AvgIpc) is 2.91. The topological polar surface area (TPSA) is 46.3 Å². The average molecular weight is 284 g/mol. The Kier molecular flexibility index (Phi) is 2.98. The van der Waals surface area contributed by atoms with Crippen LogP contribution >= 0.6 is 0 Å². The molecule has 0 radical (unpaired) electrons. The van der Waals surface area contributed by atoms with E-state index in [4.69, 9.17) is 5.73 Å². The molecule has 1 aromatic carbocycles. The minimum absolute atomic E-state index is 0.345. The smallest absolute Gasteiger partial charge is 0.226 e. The van der Waals surface area contributed by atoms with E-state index in [1.165, 1.54) is 19.3 Å². The van der Waals surface area contributed by atoms with Crippen LogP contribution in [0.2, 0.25) is 0 Å². The number of hydrogen-bond donors (Lipinski definition) is 1. The highest BCUT2D eigenvalue weighted by Crippen LogP contribution is 2.69. The number of nitrogens with zero attached hydrogens (tertiary/aromatic N) is 1. The molecule has 3 aliphatic carbocycles. The van der Waals surface area contributed by atoms with Crippen LogP contribution in [0.3, 0.4) is 0 Å². The predicted molar refractivity (Wildman–Crippen MR) is 83.2 cm³/mol. The minimum atomic E-state index is 0.345. The van der Waals surface area contributed by atoms with E-state index >= 15 is 0 Å². The van der Waals surface area contributed by atoms with Crippen LogP contribution in [0.15, 0.2) is 24.3 Å². The molecule has 2 N–H and O–H groups in total. The zero-order valence-corrected chi connectivity index (χ0v) is 12.7. The van der Waals surface area contributed by atoms with Gasteiger partial charge in [-0.25, -0.2) is 0 Å². The molecule has 4 unspecified atom stereocenters. The van der Waals surface area contributed by atoms with E-state index in [1.54, 1.807) is 0 Å². The second-order valence-corrected chi connectivity index (χ2v) is 7.11. The van der Waals surface area contributed by atoms with Crippen molar-refractivity contribution in [2.24, 2.45) is 29.6 Å². The van der Waals surface area contributed by atoms with Gasteiger partial charge in [0.2, 0.25) is 5.91 Å². The molecule has 0 saturated heterocycles. The van der Waals surface area contributed by atoms with Crippen LogP contribution in [0, 0.1) is 29.6 Å². The van der Waals surface area contributed by atoms with Gasteiger partial charge in [0.25, 0.3) is 0 Å². The first kappa shape index (κ1) is 13.2. The van der Waals surface area contributed by atoms with Crippen LogP contribution in [0.4, 0.5) is 5.69 Å². The maximum Gasteiger partial charge on any atom is 0.226 e. The number of fused-ring (bicyclic) bond motifs is 5.